The minimum Gasteiger partial charge on any atom is -0.295 e. The van der Waals surface area contributed by atoms with Gasteiger partial charge in [-0.25, -0.2) is 0 Å². The monoisotopic (exact) mass is 237 g/mol. The summed E-state index contributed by atoms with van der Waals surface area (Å²) in [4.78, 5) is 15.6. The maximum Gasteiger partial charge on any atom is 0.159 e. The van der Waals surface area contributed by atoms with Gasteiger partial charge in [0.1, 0.15) is 0 Å². The van der Waals surface area contributed by atoms with Crippen LogP contribution in [0.2, 0.25) is 0 Å². The number of pyridine rings is 1. The standard InChI is InChI=1S/C16H15NO/c1-3-15(18)10-14-11-17-8-7-16(14)13-6-4-5-12(2)9-13/h3-9,11H,1,10H2,2H3. The molecular weight excluding hydrogens is 222 g/mol. The number of nitrogens with zero attached hydrogens (tertiary/aromatic N) is 1. The molecule has 2 heteroatoms. The molecule has 2 nitrogen and oxygen atoms in total. The van der Waals surface area contributed by atoms with Crippen LogP contribution in [-0.4, -0.2) is 10.8 Å². The van der Waals surface area contributed by atoms with Gasteiger partial charge in [-0.05, 0) is 35.8 Å². The molecule has 1 aromatic heterocycles. The molecule has 1 heterocycles. The highest BCUT2D eigenvalue weighted by Gasteiger charge is 2.07. The van der Waals surface area contributed by atoms with Gasteiger partial charge in [-0.1, -0.05) is 36.4 Å². The van der Waals surface area contributed by atoms with Crippen molar-refractivity contribution in [1.29, 1.82) is 0 Å². The van der Waals surface area contributed by atoms with Crippen molar-refractivity contribution in [3.05, 3.63) is 66.5 Å². The highest BCUT2D eigenvalue weighted by atomic mass is 16.1. The van der Waals surface area contributed by atoms with E-state index >= 15 is 0 Å². The quantitative estimate of drug-likeness (QED) is 0.763. The largest absolute Gasteiger partial charge is 0.295 e. The Morgan fingerprint density at radius 3 is 2.94 bits per heavy atom. The van der Waals surface area contributed by atoms with Crippen LogP contribution < -0.4 is 0 Å². The van der Waals surface area contributed by atoms with Crippen molar-refractivity contribution in [2.45, 2.75) is 13.3 Å². The average Bonchev–Trinajstić information content (AvgIpc) is 2.39. The summed E-state index contributed by atoms with van der Waals surface area (Å²) in [5.41, 5.74) is 4.31. The maximum atomic E-state index is 11.5. The molecule has 0 radical (unpaired) electrons. The summed E-state index contributed by atoms with van der Waals surface area (Å²) in [5, 5.41) is 0. The van der Waals surface area contributed by atoms with Crippen molar-refractivity contribution in [2.75, 3.05) is 0 Å². The minimum atomic E-state index is 0.0110. The Kier molecular flexibility index (Phi) is 3.68. The summed E-state index contributed by atoms with van der Waals surface area (Å²) in [6.45, 7) is 5.56. The molecule has 0 saturated heterocycles. The Morgan fingerprint density at radius 1 is 1.39 bits per heavy atom. The Balaban J connectivity index is 2.44. The number of carbonyl (C=O) groups excluding carboxylic acids is 1. The fourth-order valence-electron chi connectivity index (χ4n) is 1.92. The molecule has 90 valence electrons. The van der Waals surface area contributed by atoms with E-state index in [1.165, 1.54) is 11.6 Å². The van der Waals surface area contributed by atoms with Crippen LogP contribution in [0, 0.1) is 6.92 Å². The number of rotatable bonds is 4. The molecule has 2 rings (SSSR count). The van der Waals surface area contributed by atoms with Gasteiger partial charge >= 0.3 is 0 Å². The summed E-state index contributed by atoms with van der Waals surface area (Å²) < 4.78 is 0. The third kappa shape index (κ3) is 2.72. The van der Waals surface area contributed by atoms with Crippen molar-refractivity contribution in [2.24, 2.45) is 0 Å². The Labute approximate surface area is 107 Å². The molecule has 0 bridgehead atoms. The van der Waals surface area contributed by atoms with Crippen LogP contribution in [-0.2, 0) is 11.2 Å². The molecule has 0 amide bonds. The zero-order valence-electron chi connectivity index (χ0n) is 10.4. The molecule has 1 aromatic carbocycles. The van der Waals surface area contributed by atoms with E-state index in [1.807, 2.05) is 18.2 Å². The summed E-state index contributed by atoms with van der Waals surface area (Å²) in [6, 6.07) is 10.2. The van der Waals surface area contributed by atoms with Crippen molar-refractivity contribution >= 4 is 5.78 Å². The molecule has 0 aliphatic rings. The molecule has 0 atom stereocenters. The van der Waals surface area contributed by atoms with Crippen LogP contribution in [0.1, 0.15) is 11.1 Å². The number of benzene rings is 1. The second kappa shape index (κ2) is 5.41. The SMILES string of the molecule is C=CC(=O)Cc1cnccc1-c1cccc(C)c1. The molecule has 0 saturated carbocycles. The van der Waals surface area contributed by atoms with Crippen LogP contribution in [0.15, 0.2) is 55.4 Å². The first-order chi connectivity index (χ1) is 8.70. The molecule has 18 heavy (non-hydrogen) atoms. The van der Waals surface area contributed by atoms with Crippen molar-refractivity contribution in [1.82, 2.24) is 4.98 Å². The lowest BCUT2D eigenvalue weighted by Crippen LogP contribution is -2.00. The van der Waals surface area contributed by atoms with Crippen LogP contribution in [0.4, 0.5) is 0 Å². The topological polar surface area (TPSA) is 30.0 Å². The van der Waals surface area contributed by atoms with Gasteiger partial charge in [0.25, 0.3) is 0 Å². The van der Waals surface area contributed by atoms with E-state index in [1.54, 1.807) is 12.4 Å². The maximum absolute atomic E-state index is 11.5. The third-order valence-electron chi connectivity index (χ3n) is 2.83. The summed E-state index contributed by atoms with van der Waals surface area (Å²) in [6.07, 6.45) is 5.20. The molecule has 0 spiro atoms. The molecule has 2 aromatic rings. The Hall–Kier alpha value is -2.22. The van der Waals surface area contributed by atoms with Crippen LogP contribution in [0.3, 0.4) is 0 Å². The van der Waals surface area contributed by atoms with Crippen molar-refractivity contribution < 1.29 is 4.79 Å². The van der Waals surface area contributed by atoms with E-state index < -0.39 is 0 Å². The van der Waals surface area contributed by atoms with Gasteiger partial charge in [0.15, 0.2) is 5.78 Å². The molecule has 0 unspecified atom stereocenters. The highest BCUT2D eigenvalue weighted by molar-refractivity contribution is 5.92. The van der Waals surface area contributed by atoms with Crippen LogP contribution in [0.5, 0.6) is 0 Å². The summed E-state index contributed by atoms with van der Waals surface area (Å²) in [7, 11) is 0. The van der Waals surface area contributed by atoms with E-state index in [4.69, 9.17) is 0 Å². The molecule has 0 aliphatic heterocycles. The Morgan fingerprint density at radius 2 is 2.22 bits per heavy atom. The number of ketones is 1. The van der Waals surface area contributed by atoms with Crippen molar-refractivity contribution in [3.8, 4) is 11.1 Å². The lowest BCUT2D eigenvalue weighted by Gasteiger charge is -2.08. The van der Waals surface area contributed by atoms with Crippen LogP contribution >= 0.6 is 0 Å². The highest BCUT2D eigenvalue weighted by Crippen LogP contribution is 2.24. The van der Waals surface area contributed by atoms with Crippen molar-refractivity contribution in [3.63, 3.8) is 0 Å². The van der Waals surface area contributed by atoms with E-state index in [2.05, 4.69) is 30.6 Å². The van der Waals surface area contributed by atoms with Gasteiger partial charge in [-0.3, -0.25) is 9.78 Å². The van der Waals surface area contributed by atoms with Gasteiger partial charge in [-0.15, -0.1) is 0 Å². The van der Waals surface area contributed by atoms with E-state index in [9.17, 15) is 4.79 Å². The molecular formula is C16H15NO. The lowest BCUT2D eigenvalue weighted by molar-refractivity contribution is -0.114. The van der Waals surface area contributed by atoms with Gasteiger partial charge < -0.3 is 0 Å². The number of allylic oxidation sites excluding steroid dienone is 1. The number of carbonyl (C=O) groups is 1. The fourth-order valence-corrected chi connectivity index (χ4v) is 1.92. The predicted molar refractivity (Wildman–Crippen MR) is 73.3 cm³/mol. The smallest absolute Gasteiger partial charge is 0.159 e. The lowest BCUT2D eigenvalue weighted by atomic mass is 9.97. The first kappa shape index (κ1) is 12.2. The normalized spacial score (nSPS) is 10.1. The van der Waals surface area contributed by atoms with E-state index in [0.29, 0.717) is 6.42 Å². The molecule has 0 fully saturated rings. The Bertz CT molecular complexity index is 587. The third-order valence-corrected chi connectivity index (χ3v) is 2.83. The van der Waals surface area contributed by atoms with E-state index in [-0.39, 0.29) is 5.78 Å². The minimum absolute atomic E-state index is 0.0110. The zero-order valence-corrected chi connectivity index (χ0v) is 10.4. The first-order valence-electron chi connectivity index (χ1n) is 5.86. The van der Waals surface area contributed by atoms with Gasteiger partial charge in [0.05, 0.1) is 0 Å². The van der Waals surface area contributed by atoms with Gasteiger partial charge in [0, 0.05) is 18.8 Å². The van der Waals surface area contributed by atoms with Gasteiger partial charge in [0.2, 0.25) is 0 Å². The average molecular weight is 237 g/mol. The molecule has 0 N–H and O–H groups in total. The number of hydrogen-bond acceptors (Lipinski definition) is 2. The number of aromatic nitrogens is 1. The summed E-state index contributed by atoms with van der Waals surface area (Å²) in [5.74, 6) is 0.0110. The first-order valence-corrected chi connectivity index (χ1v) is 5.86. The second-order valence-corrected chi connectivity index (χ2v) is 4.25. The zero-order chi connectivity index (χ0) is 13.0. The van der Waals surface area contributed by atoms with Crippen LogP contribution in [0.25, 0.3) is 11.1 Å². The summed E-state index contributed by atoms with van der Waals surface area (Å²) >= 11 is 0. The predicted octanol–water partition coefficient (Wildman–Crippen LogP) is 3.35. The number of aryl methyl sites for hydroxylation is 1. The number of hydrogen-bond donors (Lipinski definition) is 0. The van der Waals surface area contributed by atoms with Gasteiger partial charge in [-0.2, -0.15) is 0 Å². The fraction of sp³-hybridized carbons (Fsp3) is 0.125. The molecule has 0 aliphatic carbocycles. The van der Waals surface area contributed by atoms with E-state index in [0.717, 1.165) is 16.7 Å². The second-order valence-electron chi connectivity index (χ2n) is 4.25.